The minimum atomic E-state index is -1.10. The molecule has 7 nitrogen and oxygen atoms in total. The molecule has 3 N–H and O–H groups in total. The van der Waals surface area contributed by atoms with Gasteiger partial charge in [0.15, 0.2) is 6.23 Å². The van der Waals surface area contributed by atoms with Crippen LogP contribution in [0, 0.1) is 0 Å². The van der Waals surface area contributed by atoms with Gasteiger partial charge < -0.3 is 14.9 Å². The van der Waals surface area contributed by atoms with Gasteiger partial charge in [0.25, 0.3) is 5.56 Å². The number of nitrogens with zero attached hydrogens (tertiary/aromatic N) is 1. The Morgan fingerprint density at radius 3 is 2.83 bits per heavy atom. The summed E-state index contributed by atoms with van der Waals surface area (Å²) >= 11 is 5.58. The second-order valence-corrected chi connectivity index (χ2v) is 4.00. The third-order valence-corrected chi connectivity index (χ3v) is 2.94. The molecule has 0 unspecified atom stereocenters. The fourth-order valence-corrected chi connectivity index (χ4v) is 2.02. The first-order chi connectivity index (χ1) is 8.58. The van der Waals surface area contributed by atoms with Crippen molar-refractivity contribution < 1.29 is 14.9 Å². The molecule has 0 radical (unpaired) electrons. The highest BCUT2D eigenvalue weighted by atomic mass is 35.5. The van der Waals surface area contributed by atoms with Crippen molar-refractivity contribution in [3.05, 3.63) is 44.2 Å². The van der Waals surface area contributed by atoms with Crippen molar-refractivity contribution in [2.45, 2.75) is 18.4 Å². The summed E-state index contributed by atoms with van der Waals surface area (Å²) in [4.78, 5) is 24.6. The number of halogens is 1. The topological polar surface area (TPSA) is 105 Å². The zero-order valence-corrected chi connectivity index (χ0v) is 9.87. The minimum Gasteiger partial charge on any atom is -0.394 e. The zero-order valence-electron chi connectivity index (χ0n) is 9.12. The van der Waals surface area contributed by atoms with E-state index in [9.17, 15) is 14.7 Å². The molecule has 2 rings (SSSR count). The molecule has 98 valence electrons. The largest absolute Gasteiger partial charge is 0.394 e. The van der Waals surface area contributed by atoms with Gasteiger partial charge in [-0.05, 0) is 0 Å². The SMILES string of the molecule is O=c1ccn([C@@H]2O[C@H](CO)[C@@H](O)/C2=C/Cl)c(=O)[nH]1. The Bertz CT molecular complexity index is 578. The van der Waals surface area contributed by atoms with E-state index in [2.05, 4.69) is 4.98 Å². The number of H-pyrrole nitrogens is 1. The van der Waals surface area contributed by atoms with Crippen LogP contribution < -0.4 is 11.2 Å². The Morgan fingerprint density at radius 1 is 1.56 bits per heavy atom. The monoisotopic (exact) mass is 274 g/mol. The molecule has 1 fully saturated rings. The molecular weight excluding hydrogens is 264 g/mol. The van der Waals surface area contributed by atoms with E-state index < -0.39 is 36.3 Å². The van der Waals surface area contributed by atoms with Gasteiger partial charge in [-0.25, -0.2) is 4.79 Å². The summed E-state index contributed by atoms with van der Waals surface area (Å²) in [6.45, 7) is -0.413. The van der Waals surface area contributed by atoms with Gasteiger partial charge in [-0.1, -0.05) is 11.6 Å². The second-order valence-electron chi connectivity index (χ2n) is 3.78. The van der Waals surface area contributed by atoms with Crippen molar-refractivity contribution in [2.24, 2.45) is 0 Å². The molecule has 1 aromatic heterocycles. The summed E-state index contributed by atoms with van der Waals surface area (Å²) in [6.07, 6.45) is -1.67. The van der Waals surface area contributed by atoms with Crippen molar-refractivity contribution in [1.82, 2.24) is 9.55 Å². The molecule has 2 heterocycles. The molecular formula is C10H11ClN2O5. The summed E-state index contributed by atoms with van der Waals surface area (Å²) < 4.78 is 6.40. The summed E-state index contributed by atoms with van der Waals surface area (Å²) in [5.41, 5.74) is 0.117. The fourth-order valence-electron chi connectivity index (χ4n) is 1.78. The summed E-state index contributed by atoms with van der Waals surface area (Å²) in [5.74, 6) is 0. The van der Waals surface area contributed by atoms with E-state index in [1.54, 1.807) is 0 Å². The maximum absolute atomic E-state index is 11.6. The summed E-state index contributed by atoms with van der Waals surface area (Å²) in [6, 6.07) is 1.15. The standard InChI is InChI=1S/C10H11ClN2O5/c11-3-5-8(16)6(4-14)18-9(5)13-2-1-7(15)12-10(13)17/h1-3,6,8-9,14,16H,4H2,(H,12,15,17)/b5-3-/t6-,8+,9-/m1/s1. The predicted molar refractivity (Wildman–Crippen MR) is 62.3 cm³/mol. The third kappa shape index (κ3) is 2.13. The first kappa shape index (κ1) is 13.0. The highest BCUT2D eigenvalue weighted by Crippen LogP contribution is 2.33. The lowest BCUT2D eigenvalue weighted by Gasteiger charge is -2.14. The molecule has 0 spiro atoms. The van der Waals surface area contributed by atoms with Crippen LogP contribution in [-0.2, 0) is 4.74 Å². The maximum atomic E-state index is 11.6. The predicted octanol–water partition coefficient (Wildman–Crippen LogP) is -1.09. The first-order valence-corrected chi connectivity index (χ1v) is 5.58. The Labute approximate surface area is 106 Å². The highest BCUT2D eigenvalue weighted by Gasteiger charge is 2.39. The average molecular weight is 275 g/mol. The zero-order chi connectivity index (χ0) is 13.3. The van der Waals surface area contributed by atoms with Crippen LogP contribution in [0.15, 0.2) is 33.0 Å². The van der Waals surface area contributed by atoms with Crippen LogP contribution in [0.1, 0.15) is 6.23 Å². The van der Waals surface area contributed by atoms with Crippen molar-refractivity contribution in [2.75, 3.05) is 6.61 Å². The Morgan fingerprint density at radius 2 is 2.28 bits per heavy atom. The van der Waals surface area contributed by atoms with Crippen LogP contribution in [0.5, 0.6) is 0 Å². The van der Waals surface area contributed by atoms with Crippen LogP contribution in [0.25, 0.3) is 0 Å². The van der Waals surface area contributed by atoms with Crippen molar-refractivity contribution in [3.63, 3.8) is 0 Å². The van der Waals surface area contributed by atoms with E-state index in [1.165, 1.54) is 6.20 Å². The lowest BCUT2D eigenvalue weighted by atomic mass is 10.1. The van der Waals surface area contributed by atoms with Gasteiger partial charge in [0.2, 0.25) is 0 Å². The molecule has 1 saturated heterocycles. The Hall–Kier alpha value is -1.41. The van der Waals surface area contributed by atoms with E-state index in [4.69, 9.17) is 21.4 Å². The van der Waals surface area contributed by atoms with Crippen LogP contribution in [-0.4, -0.2) is 38.6 Å². The normalized spacial score (nSPS) is 29.9. The Balaban J connectivity index is 2.45. The fraction of sp³-hybridized carbons (Fsp3) is 0.400. The van der Waals surface area contributed by atoms with Gasteiger partial charge in [0.1, 0.15) is 12.2 Å². The number of hydrogen-bond donors (Lipinski definition) is 3. The number of hydrogen-bond acceptors (Lipinski definition) is 5. The maximum Gasteiger partial charge on any atom is 0.330 e. The molecule has 1 aliphatic rings. The van der Waals surface area contributed by atoms with E-state index in [0.717, 1.165) is 16.2 Å². The molecule has 0 aromatic carbocycles. The minimum absolute atomic E-state index is 0.241. The smallest absolute Gasteiger partial charge is 0.330 e. The third-order valence-electron chi connectivity index (χ3n) is 2.69. The summed E-state index contributed by atoms with van der Waals surface area (Å²) in [5, 5.41) is 18.8. The number of nitrogens with one attached hydrogen (secondary N) is 1. The van der Waals surface area contributed by atoms with Gasteiger partial charge in [-0.15, -0.1) is 0 Å². The van der Waals surface area contributed by atoms with Gasteiger partial charge in [-0.2, -0.15) is 0 Å². The molecule has 0 bridgehead atoms. The van der Waals surface area contributed by atoms with Gasteiger partial charge in [0, 0.05) is 23.4 Å². The molecule has 1 aliphatic heterocycles. The Kier molecular flexibility index (Phi) is 3.67. The second kappa shape index (κ2) is 5.07. The van der Waals surface area contributed by atoms with Gasteiger partial charge in [0.05, 0.1) is 6.61 Å². The molecule has 1 aromatic rings. The molecule has 3 atom stereocenters. The molecule has 8 heteroatoms. The highest BCUT2D eigenvalue weighted by molar-refractivity contribution is 6.25. The number of ether oxygens (including phenoxy) is 1. The summed E-state index contributed by atoms with van der Waals surface area (Å²) in [7, 11) is 0. The quantitative estimate of drug-likeness (QED) is 0.636. The van der Waals surface area contributed by atoms with Crippen LogP contribution >= 0.6 is 11.6 Å². The molecule has 0 amide bonds. The van der Waals surface area contributed by atoms with Gasteiger partial charge >= 0.3 is 5.69 Å². The van der Waals surface area contributed by atoms with Gasteiger partial charge in [-0.3, -0.25) is 14.3 Å². The number of aromatic amines is 1. The lowest BCUT2D eigenvalue weighted by Crippen LogP contribution is -2.32. The van der Waals surface area contributed by atoms with Crippen molar-refractivity contribution in [1.29, 1.82) is 0 Å². The van der Waals surface area contributed by atoms with E-state index in [-0.39, 0.29) is 5.57 Å². The van der Waals surface area contributed by atoms with Crippen LogP contribution in [0.4, 0.5) is 0 Å². The number of aliphatic hydroxyl groups excluding tert-OH is 2. The average Bonchev–Trinajstić information content (AvgIpc) is 2.65. The van der Waals surface area contributed by atoms with Crippen molar-refractivity contribution in [3.8, 4) is 0 Å². The first-order valence-electron chi connectivity index (χ1n) is 5.14. The van der Waals surface area contributed by atoms with E-state index >= 15 is 0 Å². The van der Waals surface area contributed by atoms with Crippen molar-refractivity contribution >= 4 is 11.6 Å². The lowest BCUT2D eigenvalue weighted by molar-refractivity contribution is -0.0447. The number of aromatic nitrogens is 2. The van der Waals surface area contributed by atoms with E-state index in [1.807, 2.05) is 0 Å². The molecule has 0 aliphatic carbocycles. The van der Waals surface area contributed by atoms with Crippen LogP contribution in [0.2, 0.25) is 0 Å². The number of aliphatic hydroxyl groups is 2. The van der Waals surface area contributed by atoms with E-state index in [0.29, 0.717) is 0 Å². The molecule has 0 saturated carbocycles. The number of rotatable bonds is 2. The molecule has 18 heavy (non-hydrogen) atoms. The van der Waals surface area contributed by atoms with Crippen LogP contribution in [0.3, 0.4) is 0 Å².